The van der Waals surface area contributed by atoms with E-state index in [2.05, 4.69) is 57.0 Å². The number of rotatable bonds is 43. The fraction of sp³-hybridized carbons (Fsp3) is 0.567. The number of unbranched alkanes of at least 4 members (excludes halogenated alkanes) is 2. The fourth-order valence-electron chi connectivity index (χ4n) is 12.7. The summed E-state index contributed by atoms with van der Waals surface area (Å²) in [5, 5.41) is 19.3. The van der Waals surface area contributed by atoms with Crippen LogP contribution >= 0.6 is 22.3 Å². The van der Waals surface area contributed by atoms with Crippen LogP contribution in [0.3, 0.4) is 0 Å². The van der Waals surface area contributed by atoms with Crippen molar-refractivity contribution >= 4 is 92.9 Å². The molecule has 0 aliphatic carbocycles. The second kappa shape index (κ2) is 57.8. The number of hydroxylamine groups is 1. The zero-order chi connectivity index (χ0) is 96.0. The van der Waals surface area contributed by atoms with Gasteiger partial charge in [0.1, 0.15) is 83.0 Å². The maximum absolute atomic E-state index is 12.7. The maximum atomic E-state index is 12.7. The molecule has 0 amide bonds. The number of benzene rings is 4. The second-order valence-electron chi connectivity index (χ2n) is 32.7. The SMILES string of the molecule is CC(=O)OC(C)=O.CCOC(=O)[C@H](C)OP(=O)(CCNO)Oc1ccccc1.CC[C@H](C)OP(C)(=O)CCCC/C(C)=C/Cc1c(O)c2c(c(C)c1OC)COC2=O.CC[C@H](C)OP(C)(=O)CCCC/C(C)=C/Cc1c(OC)c(C)c2c(c1OCC[Si](C)(C)C)C(=O)OC2.COc1c(C)c2c(c(OCC[Si](C)(C)C)c1C/C=C(\C)C=O)C(=O)OC2.O=C=O.O=C=O. The summed E-state index contributed by atoms with van der Waals surface area (Å²) in [4.78, 5) is 112. The highest BCUT2D eigenvalue weighted by atomic mass is 31.2. The largest absolute Gasteiger partial charge is 0.507 e. The molecule has 3 unspecified atom stereocenters. The van der Waals surface area contributed by atoms with Crippen LogP contribution < -0.4 is 33.7 Å². The summed E-state index contributed by atoms with van der Waals surface area (Å²) in [5.74, 6) is 0.629. The minimum Gasteiger partial charge on any atom is -0.507 e. The molecule has 4 aromatic rings. The van der Waals surface area contributed by atoms with Crippen molar-refractivity contribution < 1.29 is 142 Å². The molecule has 3 N–H and O–H groups in total. The van der Waals surface area contributed by atoms with Crippen LogP contribution in [0, 0.1) is 20.8 Å². The highest BCUT2D eigenvalue weighted by molar-refractivity contribution is 7.58. The first-order valence-electron chi connectivity index (χ1n) is 41.8. The zero-order valence-corrected chi connectivity index (χ0v) is 83.0. The Bertz CT molecular complexity index is 4550. The summed E-state index contributed by atoms with van der Waals surface area (Å²) >= 11 is 0. The van der Waals surface area contributed by atoms with Gasteiger partial charge in [0.05, 0.1) is 59.5 Å². The first kappa shape index (κ1) is 115. The van der Waals surface area contributed by atoms with Gasteiger partial charge in [0.15, 0.2) is 20.8 Å². The Labute approximate surface area is 745 Å². The maximum Gasteiger partial charge on any atom is 0.381 e. The molecule has 0 bridgehead atoms. The fourth-order valence-corrected chi connectivity index (χ4v) is 19.3. The smallest absolute Gasteiger partial charge is 0.381 e. The second-order valence-corrected chi connectivity index (χ2v) is 51.4. The number of allylic oxidation sites excluding steroid dienone is 6. The Hall–Kier alpha value is -8.93. The molecular formula is C90H136NO30P3Si2. The van der Waals surface area contributed by atoms with Crippen LogP contribution in [0.2, 0.25) is 51.4 Å². The Morgan fingerprint density at radius 3 is 1.28 bits per heavy atom. The number of esters is 6. The van der Waals surface area contributed by atoms with Crippen molar-refractivity contribution in [2.75, 3.05) is 79.5 Å². The van der Waals surface area contributed by atoms with Crippen LogP contribution in [-0.4, -0.2) is 179 Å². The lowest BCUT2D eigenvalue weighted by molar-refractivity contribution is -0.193. The number of hydrogen-bond acceptors (Lipinski definition) is 31. The summed E-state index contributed by atoms with van der Waals surface area (Å²) in [6.45, 7) is 44.4. The highest BCUT2D eigenvalue weighted by Gasteiger charge is 2.38. The van der Waals surface area contributed by atoms with Crippen molar-refractivity contribution in [2.24, 2.45) is 0 Å². The third-order valence-corrected chi connectivity index (χ3v) is 28.8. The van der Waals surface area contributed by atoms with Gasteiger partial charge in [0, 0.05) is 95.6 Å². The van der Waals surface area contributed by atoms with Gasteiger partial charge in [0.25, 0.3) is 0 Å². The number of fused-ring (bicyclic) bond motifs is 3. The summed E-state index contributed by atoms with van der Waals surface area (Å²) in [5.41, 5.74) is 13.6. The van der Waals surface area contributed by atoms with Crippen LogP contribution in [0.5, 0.6) is 40.2 Å². The number of carbonyl (C=O) groups is 7. The van der Waals surface area contributed by atoms with E-state index in [-0.39, 0.29) is 86.9 Å². The minimum absolute atomic E-state index is 0.000341. The average molecular weight is 1860 g/mol. The van der Waals surface area contributed by atoms with Crippen molar-refractivity contribution in [3.63, 3.8) is 0 Å². The molecule has 0 saturated carbocycles. The van der Waals surface area contributed by atoms with E-state index in [1.54, 1.807) is 78.8 Å². The van der Waals surface area contributed by atoms with Crippen LogP contribution in [0.1, 0.15) is 209 Å². The Balaban J connectivity index is 0.000000811. The molecule has 31 nitrogen and oxygen atoms in total. The summed E-state index contributed by atoms with van der Waals surface area (Å²) < 4.78 is 114. The normalized spacial score (nSPS) is 14.6. The van der Waals surface area contributed by atoms with E-state index in [4.69, 9.17) is 85.1 Å². The quantitative estimate of drug-likeness (QED) is 0.00354. The van der Waals surface area contributed by atoms with Crippen molar-refractivity contribution in [1.82, 2.24) is 5.48 Å². The van der Waals surface area contributed by atoms with Crippen molar-refractivity contribution in [3.8, 4) is 40.2 Å². The molecule has 0 fully saturated rings. The van der Waals surface area contributed by atoms with Gasteiger partial charge in [-0.1, -0.05) is 101 Å². The van der Waals surface area contributed by atoms with Crippen LogP contribution in [0.25, 0.3) is 0 Å². The average Bonchev–Trinajstić information content (AvgIpc) is 1.58. The molecule has 36 heteroatoms. The zero-order valence-electron chi connectivity index (χ0n) is 78.4. The standard InChI is InChI=1S/C28H47O6PSi.C23H35O6P.C20H28O5Si.C13H20NO6P.C4H6O3.2CO2/c1-10-21(3)34-35(6,30)17-12-11-13-20(2)14-15-23-26(31-5)22(4)24-19-33-28(29)25(24)27(23)32-16-18-36(7,8)9;1-7-16(3)29-30(6,26)13-9-8-10-15(2)11-12-18-21(24)20-19(14-28-23(20)25)17(4)22(18)27-5;1-13(11-21)7-8-15-18(23-3)14(2)16-12-25-20(22)17(16)19(15)24-9-10-26(4,5)6;1-3-18-13(15)11(2)19-21(17,10-9-14-16)20-12-7-5-4-6-8-12;1-3(5)7-4(2)6;2*2-1-3/h14,21H,10-13,15-19H2,1-9H3;11,16,24H,7-10,12-14H2,1-6H3;7,11H,8-10,12H2,1-6H3;4-8,11,14,16H,3,9-10H2,1-2H3;1-2H3;;/b20-14+;15-11+;13-7+;;;;/t21-,35?;16-,30?;;11-,21?;;;/m00.0.../s1. The van der Waals surface area contributed by atoms with Gasteiger partial charge in [-0.15, -0.1) is 0 Å². The van der Waals surface area contributed by atoms with Gasteiger partial charge in [-0.05, 0) is 186 Å². The first-order chi connectivity index (χ1) is 59.0. The number of carbonyl (C=O) groups excluding carboxylic acids is 11. The molecule has 0 saturated heterocycles. The number of para-hydroxylation sites is 1. The van der Waals surface area contributed by atoms with E-state index in [0.717, 1.165) is 114 Å². The molecule has 3 heterocycles. The Morgan fingerprint density at radius 2 is 0.929 bits per heavy atom. The number of ether oxygens (including phenoxy) is 10. The van der Waals surface area contributed by atoms with E-state index in [0.29, 0.717) is 101 Å². The van der Waals surface area contributed by atoms with Crippen molar-refractivity contribution in [3.05, 3.63) is 132 Å². The number of nitrogens with one attached hydrogen (secondary N) is 1. The van der Waals surface area contributed by atoms with Crippen LogP contribution in [-0.2, 0) is 128 Å². The van der Waals surface area contributed by atoms with E-state index >= 15 is 0 Å². The molecule has 0 radical (unpaired) electrons. The molecule has 0 aromatic heterocycles. The molecule has 6 atom stereocenters. The molecule has 4 aromatic carbocycles. The number of methoxy groups -OCH3 is 3. The summed E-state index contributed by atoms with van der Waals surface area (Å²) in [7, 11) is -6.42. The highest BCUT2D eigenvalue weighted by Crippen LogP contribution is 2.51. The van der Waals surface area contributed by atoms with Gasteiger partial charge in [0.2, 0.25) is 0 Å². The van der Waals surface area contributed by atoms with E-state index < -0.39 is 68.5 Å². The van der Waals surface area contributed by atoms with E-state index in [1.807, 2.05) is 73.0 Å². The van der Waals surface area contributed by atoms with Crippen LogP contribution in [0.4, 0.5) is 0 Å². The lowest BCUT2D eigenvalue weighted by Gasteiger charge is -2.22. The summed E-state index contributed by atoms with van der Waals surface area (Å²) in [6.07, 6.45) is 16.1. The topological polar surface area (TPSA) is 421 Å². The Morgan fingerprint density at radius 1 is 0.556 bits per heavy atom. The lowest BCUT2D eigenvalue weighted by atomic mass is 9.94. The number of phenolic OH excluding ortho intramolecular Hbond substituents is 1. The number of hydrogen-bond donors (Lipinski definition) is 3. The van der Waals surface area contributed by atoms with Gasteiger partial charge in [-0.2, -0.15) is 19.2 Å². The molecular weight excluding hydrogens is 1720 g/mol. The van der Waals surface area contributed by atoms with Gasteiger partial charge >= 0.3 is 55.7 Å². The monoisotopic (exact) mass is 1860 g/mol. The summed E-state index contributed by atoms with van der Waals surface area (Å²) in [6, 6.07) is 10.5. The predicted octanol–water partition coefficient (Wildman–Crippen LogP) is 18.7. The third kappa shape index (κ3) is 41.0. The van der Waals surface area contributed by atoms with Crippen LogP contribution in [0.15, 0.2) is 65.3 Å². The van der Waals surface area contributed by atoms with E-state index in [9.17, 15) is 52.4 Å². The van der Waals surface area contributed by atoms with E-state index in [1.165, 1.54) is 31.9 Å². The first-order valence-corrected chi connectivity index (χ1v) is 55.5. The number of phenols is 1. The molecule has 3 aliphatic rings. The van der Waals surface area contributed by atoms with Gasteiger partial charge in [-0.25, -0.2) is 29.2 Å². The molecule has 0 spiro atoms. The number of cyclic esters (lactones) is 3. The predicted molar refractivity (Wildman–Crippen MR) is 483 cm³/mol. The lowest BCUT2D eigenvalue weighted by Crippen LogP contribution is -2.25. The molecule has 704 valence electrons. The third-order valence-electron chi connectivity index (χ3n) is 19.7. The van der Waals surface area contributed by atoms with Crippen molar-refractivity contribution in [2.45, 2.75) is 257 Å². The van der Waals surface area contributed by atoms with Gasteiger partial charge in [-0.3, -0.25) is 28.0 Å². The molecule has 7 rings (SSSR count). The molecule has 126 heavy (non-hydrogen) atoms. The molecule has 3 aliphatic heterocycles. The van der Waals surface area contributed by atoms with Crippen molar-refractivity contribution in [1.29, 1.82) is 0 Å². The Kier molecular flexibility index (Phi) is 52.8. The number of aromatic hydroxyl groups is 1. The van der Waals surface area contributed by atoms with Gasteiger partial charge < -0.3 is 71.3 Å². The number of aldehydes is 1. The minimum atomic E-state index is -3.61.